The van der Waals surface area contributed by atoms with E-state index in [1.54, 1.807) is 0 Å². The Morgan fingerprint density at radius 1 is 1.41 bits per heavy atom. The van der Waals surface area contributed by atoms with E-state index in [4.69, 9.17) is 0 Å². The van der Waals surface area contributed by atoms with Crippen molar-refractivity contribution in [2.75, 3.05) is 24.5 Å². The zero-order valence-corrected chi connectivity index (χ0v) is 10.6. The number of piperazine rings is 1. The number of hydrogen-bond donors (Lipinski definition) is 1. The topological polar surface area (TPSA) is 15.3 Å². The largest absolute Gasteiger partial charge is 0.369 e. The van der Waals surface area contributed by atoms with Crippen molar-refractivity contribution in [1.29, 1.82) is 0 Å². The molecule has 0 radical (unpaired) electrons. The second-order valence-corrected chi connectivity index (χ2v) is 4.87. The van der Waals surface area contributed by atoms with Gasteiger partial charge < -0.3 is 10.2 Å². The van der Waals surface area contributed by atoms with Crippen molar-refractivity contribution >= 4 is 5.69 Å². The van der Waals surface area contributed by atoms with E-state index >= 15 is 0 Å². The first kappa shape index (κ1) is 12.4. The Balaban J connectivity index is 2.04. The molecule has 1 saturated heterocycles. The molecular formula is C14H21FN2. The van der Waals surface area contributed by atoms with Crippen LogP contribution in [0.1, 0.15) is 20.3 Å². The number of nitrogens with zero attached hydrogens (tertiary/aromatic N) is 1. The molecule has 2 rings (SSSR count). The van der Waals surface area contributed by atoms with Gasteiger partial charge in [0.1, 0.15) is 5.82 Å². The molecule has 0 saturated carbocycles. The van der Waals surface area contributed by atoms with Crippen LogP contribution in [0.5, 0.6) is 0 Å². The highest BCUT2D eigenvalue weighted by Gasteiger charge is 2.23. The molecule has 1 aromatic carbocycles. The van der Waals surface area contributed by atoms with E-state index in [-0.39, 0.29) is 5.82 Å². The van der Waals surface area contributed by atoms with Crippen molar-refractivity contribution in [1.82, 2.24) is 5.32 Å². The Hall–Kier alpha value is -1.09. The van der Waals surface area contributed by atoms with Gasteiger partial charge in [-0.2, -0.15) is 0 Å². The summed E-state index contributed by atoms with van der Waals surface area (Å²) < 4.78 is 12.9. The second kappa shape index (κ2) is 5.50. The molecule has 1 N–H and O–H groups in total. The third-order valence-corrected chi connectivity index (χ3v) is 3.73. The van der Waals surface area contributed by atoms with E-state index in [9.17, 15) is 4.39 Å². The zero-order chi connectivity index (χ0) is 12.3. The summed E-state index contributed by atoms with van der Waals surface area (Å²) in [5, 5.41) is 3.57. The summed E-state index contributed by atoms with van der Waals surface area (Å²) in [4.78, 5) is 2.34. The summed E-state index contributed by atoms with van der Waals surface area (Å²) in [6, 6.07) is 7.35. The van der Waals surface area contributed by atoms with Crippen molar-refractivity contribution < 1.29 is 4.39 Å². The van der Waals surface area contributed by atoms with Gasteiger partial charge in [0.2, 0.25) is 0 Å². The van der Waals surface area contributed by atoms with Crippen LogP contribution < -0.4 is 10.2 Å². The maximum absolute atomic E-state index is 12.9. The van der Waals surface area contributed by atoms with Crippen LogP contribution in [0.2, 0.25) is 0 Å². The normalized spacial score (nSPS) is 22.5. The van der Waals surface area contributed by atoms with E-state index in [1.807, 2.05) is 12.1 Å². The molecule has 1 aromatic rings. The van der Waals surface area contributed by atoms with Crippen molar-refractivity contribution in [3.63, 3.8) is 0 Å². The van der Waals surface area contributed by atoms with E-state index < -0.39 is 0 Å². The fourth-order valence-electron chi connectivity index (χ4n) is 2.33. The van der Waals surface area contributed by atoms with E-state index in [1.165, 1.54) is 18.6 Å². The number of halogens is 1. The van der Waals surface area contributed by atoms with Crippen LogP contribution in [-0.2, 0) is 0 Å². The smallest absolute Gasteiger partial charge is 0.123 e. The van der Waals surface area contributed by atoms with Crippen LogP contribution in [-0.4, -0.2) is 25.7 Å². The van der Waals surface area contributed by atoms with Crippen LogP contribution >= 0.6 is 0 Å². The minimum atomic E-state index is -0.164. The Kier molecular flexibility index (Phi) is 4.00. The highest BCUT2D eigenvalue weighted by molar-refractivity contribution is 5.47. The molecule has 94 valence electrons. The zero-order valence-electron chi connectivity index (χ0n) is 10.6. The molecular weight excluding hydrogens is 215 g/mol. The molecule has 3 heteroatoms. The van der Waals surface area contributed by atoms with E-state index in [0.717, 1.165) is 25.3 Å². The van der Waals surface area contributed by atoms with Crippen LogP contribution in [0.25, 0.3) is 0 Å². The van der Waals surface area contributed by atoms with Crippen LogP contribution in [0, 0.1) is 11.7 Å². The van der Waals surface area contributed by atoms with Gasteiger partial charge in [0.25, 0.3) is 0 Å². The minimum Gasteiger partial charge on any atom is -0.369 e. The summed E-state index contributed by atoms with van der Waals surface area (Å²) in [7, 11) is 0. The van der Waals surface area contributed by atoms with Gasteiger partial charge in [-0.05, 0) is 30.2 Å². The van der Waals surface area contributed by atoms with Gasteiger partial charge in [0.15, 0.2) is 0 Å². The summed E-state index contributed by atoms with van der Waals surface area (Å²) in [6.45, 7) is 7.53. The summed E-state index contributed by atoms with van der Waals surface area (Å²) in [5.41, 5.74) is 1.13. The number of benzene rings is 1. The molecule has 2 unspecified atom stereocenters. The summed E-state index contributed by atoms with van der Waals surface area (Å²) in [6.07, 6.45) is 1.19. The van der Waals surface area contributed by atoms with Crippen LogP contribution in [0.3, 0.4) is 0 Å². The van der Waals surface area contributed by atoms with Crippen molar-refractivity contribution in [3.8, 4) is 0 Å². The fraction of sp³-hybridized carbons (Fsp3) is 0.571. The Labute approximate surface area is 103 Å². The number of rotatable bonds is 3. The monoisotopic (exact) mass is 236 g/mol. The molecule has 0 aromatic heterocycles. The van der Waals surface area contributed by atoms with Gasteiger partial charge >= 0.3 is 0 Å². The molecule has 2 nitrogen and oxygen atoms in total. The van der Waals surface area contributed by atoms with Gasteiger partial charge in [0.05, 0.1) is 0 Å². The highest BCUT2D eigenvalue weighted by Crippen LogP contribution is 2.19. The molecule has 17 heavy (non-hydrogen) atoms. The number of nitrogens with one attached hydrogen (secondary N) is 1. The minimum absolute atomic E-state index is 0.164. The third kappa shape index (κ3) is 2.97. The Morgan fingerprint density at radius 3 is 2.76 bits per heavy atom. The lowest BCUT2D eigenvalue weighted by atomic mass is 9.97. The standard InChI is InChI=1S/C14H21FN2/c1-3-11(2)14-10-17(9-8-16-14)13-6-4-12(15)5-7-13/h4-7,11,14,16H,3,8-10H2,1-2H3. The van der Waals surface area contributed by atoms with Gasteiger partial charge in [-0.1, -0.05) is 20.3 Å². The first-order chi connectivity index (χ1) is 8.20. The van der Waals surface area contributed by atoms with E-state index in [0.29, 0.717) is 12.0 Å². The van der Waals surface area contributed by atoms with Crippen molar-refractivity contribution in [2.45, 2.75) is 26.3 Å². The second-order valence-electron chi connectivity index (χ2n) is 4.87. The molecule has 1 heterocycles. The number of anilines is 1. The predicted octanol–water partition coefficient (Wildman–Crippen LogP) is 2.65. The quantitative estimate of drug-likeness (QED) is 0.868. The van der Waals surface area contributed by atoms with Crippen molar-refractivity contribution in [2.24, 2.45) is 5.92 Å². The maximum atomic E-state index is 12.9. The lowest BCUT2D eigenvalue weighted by molar-refractivity contribution is 0.342. The van der Waals surface area contributed by atoms with Gasteiger partial charge in [-0.25, -0.2) is 4.39 Å². The van der Waals surface area contributed by atoms with Crippen LogP contribution in [0.15, 0.2) is 24.3 Å². The summed E-state index contributed by atoms with van der Waals surface area (Å²) >= 11 is 0. The predicted molar refractivity (Wildman–Crippen MR) is 69.9 cm³/mol. The molecule has 0 amide bonds. The SMILES string of the molecule is CCC(C)C1CN(c2ccc(F)cc2)CCN1. The van der Waals surface area contributed by atoms with Gasteiger partial charge in [0, 0.05) is 31.4 Å². The third-order valence-electron chi connectivity index (χ3n) is 3.73. The molecule has 1 aliphatic heterocycles. The average molecular weight is 236 g/mol. The fourth-order valence-corrected chi connectivity index (χ4v) is 2.33. The lowest BCUT2D eigenvalue weighted by Crippen LogP contribution is -2.53. The van der Waals surface area contributed by atoms with E-state index in [2.05, 4.69) is 24.1 Å². The lowest BCUT2D eigenvalue weighted by Gasteiger charge is -2.37. The first-order valence-corrected chi connectivity index (χ1v) is 6.44. The molecule has 0 aliphatic carbocycles. The Bertz CT molecular complexity index is 350. The maximum Gasteiger partial charge on any atom is 0.123 e. The Morgan fingerprint density at radius 2 is 2.12 bits per heavy atom. The molecule has 0 spiro atoms. The average Bonchev–Trinajstić information content (AvgIpc) is 2.39. The van der Waals surface area contributed by atoms with Crippen LogP contribution in [0.4, 0.5) is 10.1 Å². The van der Waals surface area contributed by atoms with Gasteiger partial charge in [-0.15, -0.1) is 0 Å². The van der Waals surface area contributed by atoms with Gasteiger partial charge in [-0.3, -0.25) is 0 Å². The molecule has 0 bridgehead atoms. The number of hydrogen-bond acceptors (Lipinski definition) is 2. The first-order valence-electron chi connectivity index (χ1n) is 6.44. The molecule has 2 atom stereocenters. The van der Waals surface area contributed by atoms with Crippen molar-refractivity contribution in [3.05, 3.63) is 30.1 Å². The molecule has 1 fully saturated rings. The molecule has 1 aliphatic rings. The highest BCUT2D eigenvalue weighted by atomic mass is 19.1. The summed E-state index contributed by atoms with van der Waals surface area (Å²) in [5.74, 6) is 0.514.